The van der Waals surface area contributed by atoms with Crippen LogP contribution in [0.3, 0.4) is 0 Å². The van der Waals surface area contributed by atoms with Crippen molar-refractivity contribution in [1.82, 2.24) is 15.2 Å². The Morgan fingerprint density at radius 1 is 1.32 bits per heavy atom. The van der Waals surface area contributed by atoms with Crippen LogP contribution >= 0.6 is 23.7 Å². The lowest BCUT2D eigenvalue weighted by atomic mass is 10.2. The number of carbonyl (C=O) groups is 2. The maximum atomic E-state index is 12.6. The van der Waals surface area contributed by atoms with Crippen molar-refractivity contribution in [2.24, 2.45) is 0 Å². The molecule has 2 heterocycles. The van der Waals surface area contributed by atoms with Gasteiger partial charge >= 0.3 is 6.09 Å². The molecule has 1 aliphatic rings. The van der Waals surface area contributed by atoms with E-state index in [0.717, 1.165) is 10.6 Å². The van der Waals surface area contributed by atoms with Crippen LogP contribution in [-0.4, -0.2) is 53.3 Å². The van der Waals surface area contributed by atoms with Crippen LogP contribution in [-0.2, 0) is 22.3 Å². The molecular weight excluding hydrogens is 424 g/mol. The van der Waals surface area contributed by atoms with Crippen LogP contribution in [0.1, 0.15) is 20.9 Å². The van der Waals surface area contributed by atoms with Gasteiger partial charge in [0.25, 0.3) is 5.91 Å². The number of anilines is 1. The lowest BCUT2D eigenvalue weighted by Crippen LogP contribution is -2.35. The van der Waals surface area contributed by atoms with Crippen molar-refractivity contribution in [3.8, 4) is 5.75 Å². The Balaban J connectivity index is 0.00000280. The summed E-state index contributed by atoms with van der Waals surface area (Å²) in [4.78, 5) is 31.5. The zero-order chi connectivity index (χ0) is 19.4. The molecule has 1 aromatic heterocycles. The van der Waals surface area contributed by atoms with Gasteiger partial charge in [-0.05, 0) is 19.2 Å². The number of nitrogens with zero attached hydrogens (tertiary/aromatic N) is 2. The molecule has 2 aromatic rings. The van der Waals surface area contributed by atoms with E-state index in [1.165, 1.54) is 16.2 Å². The number of amides is 2. The highest BCUT2D eigenvalue weighted by atomic mass is 35.5. The highest BCUT2D eigenvalue weighted by molar-refractivity contribution is 7.84. The molecule has 8 nitrogen and oxygen atoms in total. The van der Waals surface area contributed by atoms with Crippen molar-refractivity contribution in [3.63, 3.8) is 0 Å². The number of likely N-dealkylation sites (N-methyl/N-ethyl adjacent to an activating group) is 2. The summed E-state index contributed by atoms with van der Waals surface area (Å²) in [6.45, 7) is 1.11. The second-order valence-electron chi connectivity index (χ2n) is 5.96. The molecule has 0 aliphatic carbocycles. The van der Waals surface area contributed by atoms with Gasteiger partial charge in [-0.25, -0.2) is 9.78 Å². The van der Waals surface area contributed by atoms with Gasteiger partial charge in [-0.1, -0.05) is 12.1 Å². The van der Waals surface area contributed by atoms with Crippen LogP contribution in [0.4, 0.5) is 9.93 Å². The van der Waals surface area contributed by atoms with Gasteiger partial charge in [-0.2, -0.15) is 0 Å². The Hall–Kier alpha value is -2.01. The number of thiazole rings is 1. The monoisotopic (exact) mass is 444 g/mol. The minimum Gasteiger partial charge on any atom is -0.409 e. The summed E-state index contributed by atoms with van der Waals surface area (Å²) < 4.78 is 16.9. The molecule has 152 valence electrons. The van der Waals surface area contributed by atoms with Crippen molar-refractivity contribution in [2.75, 3.05) is 32.5 Å². The predicted molar refractivity (Wildman–Crippen MR) is 112 cm³/mol. The SMILES string of the molecule is CNCCN(C)C(=O)Oc1ccccc1C(=O)Nc1nc2c(s1)CS(=O)C2.Cl. The molecule has 2 N–H and O–H groups in total. The molecule has 0 radical (unpaired) electrons. The van der Waals surface area contributed by atoms with Crippen LogP contribution in [0.25, 0.3) is 0 Å². The van der Waals surface area contributed by atoms with Crippen LogP contribution in [0, 0.1) is 0 Å². The van der Waals surface area contributed by atoms with Gasteiger partial charge in [0, 0.05) is 35.8 Å². The number of aromatic nitrogens is 1. The highest BCUT2D eigenvalue weighted by Gasteiger charge is 2.24. The Kier molecular flexibility index (Phi) is 7.93. The minimum atomic E-state index is -0.894. The molecule has 1 unspecified atom stereocenters. The third kappa shape index (κ3) is 5.28. The second-order valence-corrected chi connectivity index (χ2v) is 8.50. The van der Waals surface area contributed by atoms with E-state index >= 15 is 0 Å². The fraction of sp³-hybridized carbons (Fsp3) is 0.353. The summed E-state index contributed by atoms with van der Waals surface area (Å²) in [7, 11) is 2.53. The van der Waals surface area contributed by atoms with E-state index in [9.17, 15) is 13.8 Å². The fourth-order valence-corrected chi connectivity index (χ4v) is 5.06. The highest BCUT2D eigenvalue weighted by Crippen LogP contribution is 2.31. The largest absolute Gasteiger partial charge is 0.415 e. The van der Waals surface area contributed by atoms with Crippen LogP contribution in [0.15, 0.2) is 24.3 Å². The molecule has 1 aromatic carbocycles. The van der Waals surface area contributed by atoms with Crippen molar-refractivity contribution in [3.05, 3.63) is 40.4 Å². The third-order valence-electron chi connectivity index (χ3n) is 3.93. The van der Waals surface area contributed by atoms with E-state index in [1.807, 2.05) is 0 Å². The lowest BCUT2D eigenvalue weighted by molar-refractivity contribution is 0.102. The van der Waals surface area contributed by atoms with Gasteiger partial charge in [-0.3, -0.25) is 14.3 Å². The predicted octanol–water partition coefficient (Wildman–Crippen LogP) is 2.23. The van der Waals surface area contributed by atoms with Crippen LogP contribution in [0.2, 0.25) is 0 Å². The first-order valence-corrected chi connectivity index (χ1v) is 10.6. The number of fused-ring (bicyclic) bond motifs is 1. The summed E-state index contributed by atoms with van der Waals surface area (Å²) in [5.41, 5.74) is 1.02. The van der Waals surface area contributed by atoms with E-state index in [-0.39, 0.29) is 23.7 Å². The number of hydrogen-bond donors (Lipinski definition) is 2. The summed E-state index contributed by atoms with van der Waals surface area (Å²) >= 11 is 1.32. The average molecular weight is 445 g/mol. The molecule has 28 heavy (non-hydrogen) atoms. The molecule has 0 fully saturated rings. The number of ether oxygens (including phenoxy) is 1. The second kappa shape index (κ2) is 9.97. The number of hydrogen-bond acceptors (Lipinski definition) is 7. The zero-order valence-electron chi connectivity index (χ0n) is 15.4. The van der Waals surface area contributed by atoms with Gasteiger partial charge in [-0.15, -0.1) is 23.7 Å². The maximum absolute atomic E-state index is 12.6. The first-order chi connectivity index (χ1) is 13.0. The van der Waals surface area contributed by atoms with Crippen LogP contribution in [0.5, 0.6) is 5.75 Å². The van der Waals surface area contributed by atoms with Crippen molar-refractivity contribution < 1.29 is 18.5 Å². The fourth-order valence-electron chi connectivity index (χ4n) is 2.46. The Morgan fingerprint density at radius 2 is 2.07 bits per heavy atom. The molecule has 0 saturated heterocycles. The maximum Gasteiger partial charge on any atom is 0.415 e. The van der Waals surface area contributed by atoms with E-state index in [1.54, 1.807) is 38.4 Å². The summed E-state index contributed by atoms with van der Waals surface area (Å²) in [6.07, 6.45) is -0.541. The van der Waals surface area contributed by atoms with Gasteiger partial charge in [0.15, 0.2) is 5.13 Å². The first-order valence-electron chi connectivity index (χ1n) is 8.29. The number of benzene rings is 1. The molecule has 2 amide bonds. The number of halogens is 1. The Bertz CT molecular complexity index is 864. The van der Waals surface area contributed by atoms with Gasteiger partial charge < -0.3 is 15.0 Å². The average Bonchev–Trinajstić information content (AvgIpc) is 3.16. The Morgan fingerprint density at radius 3 is 2.79 bits per heavy atom. The first kappa shape index (κ1) is 22.3. The van der Waals surface area contributed by atoms with Crippen molar-refractivity contribution in [1.29, 1.82) is 0 Å². The van der Waals surface area contributed by atoms with Crippen LogP contribution < -0.4 is 15.4 Å². The molecule has 0 spiro atoms. The normalized spacial score (nSPS) is 14.7. The molecule has 3 rings (SSSR count). The third-order valence-corrected chi connectivity index (χ3v) is 6.33. The zero-order valence-corrected chi connectivity index (χ0v) is 17.8. The summed E-state index contributed by atoms with van der Waals surface area (Å²) in [5.74, 6) is 0.677. The number of rotatable bonds is 6. The molecule has 1 aliphatic heterocycles. The van der Waals surface area contributed by atoms with Gasteiger partial charge in [0.2, 0.25) is 0 Å². The topological polar surface area (TPSA) is 101 Å². The molecule has 0 bridgehead atoms. The van der Waals surface area contributed by atoms with Gasteiger partial charge in [0.05, 0.1) is 22.8 Å². The van der Waals surface area contributed by atoms with Crippen molar-refractivity contribution in [2.45, 2.75) is 11.5 Å². The summed E-state index contributed by atoms with van der Waals surface area (Å²) in [6, 6.07) is 6.55. The van der Waals surface area contributed by atoms with E-state index in [0.29, 0.717) is 29.7 Å². The van der Waals surface area contributed by atoms with E-state index in [2.05, 4.69) is 15.6 Å². The molecular formula is C17H21ClN4O4S2. The standard InChI is InChI=1S/C17H20N4O4S2.ClH/c1-18-7-8-21(2)17(23)25-13-6-4-3-5-11(13)15(22)20-16-19-12-9-27(24)10-14(12)26-16;/h3-6,18H,7-10H2,1-2H3,(H,19,20,22);1H. The molecule has 1 atom stereocenters. The Labute approximate surface area is 175 Å². The quantitative estimate of drug-likeness (QED) is 0.708. The molecule has 11 heteroatoms. The van der Waals surface area contributed by atoms with E-state index < -0.39 is 22.8 Å². The summed E-state index contributed by atoms with van der Waals surface area (Å²) in [5, 5.41) is 6.14. The minimum absolute atomic E-state index is 0. The molecule has 0 saturated carbocycles. The lowest BCUT2D eigenvalue weighted by Gasteiger charge is -2.17. The van der Waals surface area contributed by atoms with Gasteiger partial charge in [0.1, 0.15) is 5.75 Å². The van der Waals surface area contributed by atoms with Crippen molar-refractivity contribution >= 4 is 51.7 Å². The number of nitrogens with one attached hydrogen (secondary N) is 2. The van der Waals surface area contributed by atoms with E-state index in [4.69, 9.17) is 4.74 Å². The number of carbonyl (C=O) groups excluding carboxylic acids is 2. The number of para-hydroxylation sites is 1. The smallest absolute Gasteiger partial charge is 0.409 e.